The summed E-state index contributed by atoms with van der Waals surface area (Å²) in [5.41, 5.74) is -0.222. The second kappa shape index (κ2) is 6.19. The molecule has 0 radical (unpaired) electrons. The standard InChI is InChI=1S/C12H23N3O/c1-12(2,10-13)4-6-15(3)9-11-8-14-5-7-16-11/h11,14H,4-9H2,1-3H3. The van der Waals surface area contributed by atoms with E-state index in [-0.39, 0.29) is 5.41 Å². The van der Waals surface area contributed by atoms with E-state index in [9.17, 15) is 0 Å². The largest absolute Gasteiger partial charge is 0.374 e. The normalized spacial score (nSPS) is 22.1. The van der Waals surface area contributed by atoms with Crippen LogP contribution in [0.5, 0.6) is 0 Å². The van der Waals surface area contributed by atoms with Gasteiger partial charge in [-0.15, -0.1) is 0 Å². The fourth-order valence-corrected chi connectivity index (χ4v) is 1.70. The van der Waals surface area contributed by atoms with Crippen LogP contribution < -0.4 is 5.32 Å². The highest BCUT2D eigenvalue weighted by atomic mass is 16.5. The summed E-state index contributed by atoms with van der Waals surface area (Å²) < 4.78 is 5.64. The van der Waals surface area contributed by atoms with Crippen molar-refractivity contribution in [2.24, 2.45) is 5.41 Å². The molecule has 16 heavy (non-hydrogen) atoms. The molecule has 92 valence electrons. The maximum atomic E-state index is 8.93. The summed E-state index contributed by atoms with van der Waals surface area (Å²) in [6.07, 6.45) is 1.20. The summed E-state index contributed by atoms with van der Waals surface area (Å²) in [6.45, 7) is 8.56. The van der Waals surface area contributed by atoms with Crippen LogP contribution >= 0.6 is 0 Å². The Morgan fingerprint density at radius 1 is 1.56 bits per heavy atom. The summed E-state index contributed by atoms with van der Waals surface area (Å²) in [5, 5.41) is 12.2. The second-order valence-corrected chi connectivity index (χ2v) is 5.20. The summed E-state index contributed by atoms with van der Waals surface area (Å²) in [7, 11) is 2.09. The number of ether oxygens (including phenoxy) is 1. The van der Waals surface area contributed by atoms with Gasteiger partial charge in [0.15, 0.2) is 0 Å². The Bertz CT molecular complexity index is 241. The van der Waals surface area contributed by atoms with Crippen LogP contribution in [0.1, 0.15) is 20.3 Å². The van der Waals surface area contributed by atoms with Gasteiger partial charge in [-0.05, 0) is 33.9 Å². The molecule has 1 heterocycles. The van der Waals surface area contributed by atoms with Crippen LogP contribution in [-0.2, 0) is 4.74 Å². The van der Waals surface area contributed by atoms with E-state index in [4.69, 9.17) is 10.00 Å². The molecule has 0 aromatic carbocycles. The molecule has 0 amide bonds. The lowest BCUT2D eigenvalue weighted by Gasteiger charge is -2.29. The van der Waals surface area contributed by atoms with Crippen molar-refractivity contribution in [2.45, 2.75) is 26.4 Å². The molecule has 4 heteroatoms. The summed E-state index contributed by atoms with van der Waals surface area (Å²) >= 11 is 0. The monoisotopic (exact) mass is 225 g/mol. The maximum Gasteiger partial charge on any atom is 0.0826 e. The van der Waals surface area contributed by atoms with Crippen LogP contribution in [0.25, 0.3) is 0 Å². The molecule has 1 N–H and O–H groups in total. The van der Waals surface area contributed by atoms with Crippen molar-refractivity contribution in [3.05, 3.63) is 0 Å². The number of morpholine rings is 1. The highest BCUT2D eigenvalue weighted by Crippen LogP contribution is 2.18. The third kappa shape index (κ3) is 4.93. The van der Waals surface area contributed by atoms with E-state index >= 15 is 0 Å². The lowest BCUT2D eigenvalue weighted by atomic mass is 9.91. The van der Waals surface area contributed by atoms with Crippen molar-refractivity contribution in [3.63, 3.8) is 0 Å². The van der Waals surface area contributed by atoms with Crippen LogP contribution in [0.3, 0.4) is 0 Å². The van der Waals surface area contributed by atoms with Crippen LogP contribution in [0.2, 0.25) is 0 Å². The predicted molar refractivity (Wildman–Crippen MR) is 64.1 cm³/mol. The molecule has 4 nitrogen and oxygen atoms in total. The Labute approximate surface area is 98.6 Å². The number of likely N-dealkylation sites (N-methyl/N-ethyl adjacent to an activating group) is 1. The maximum absolute atomic E-state index is 8.93. The number of hydrogen-bond acceptors (Lipinski definition) is 4. The van der Waals surface area contributed by atoms with Gasteiger partial charge in [0.1, 0.15) is 0 Å². The lowest BCUT2D eigenvalue weighted by Crippen LogP contribution is -2.44. The highest BCUT2D eigenvalue weighted by Gasteiger charge is 2.19. The van der Waals surface area contributed by atoms with Gasteiger partial charge in [-0.2, -0.15) is 5.26 Å². The Kier molecular flexibility index (Phi) is 5.20. The smallest absolute Gasteiger partial charge is 0.0826 e. The van der Waals surface area contributed by atoms with Crippen LogP contribution in [0, 0.1) is 16.7 Å². The molecule has 1 unspecified atom stereocenters. The zero-order valence-electron chi connectivity index (χ0n) is 10.6. The third-order valence-corrected chi connectivity index (χ3v) is 2.94. The fourth-order valence-electron chi connectivity index (χ4n) is 1.70. The average molecular weight is 225 g/mol. The number of nitrogens with one attached hydrogen (secondary N) is 1. The van der Waals surface area contributed by atoms with Gasteiger partial charge in [-0.1, -0.05) is 0 Å². The Balaban J connectivity index is 2.20. The first kappa shape index (κ1) is 13.4. The zero-order chi connectivity index (χ0) is 12.0. The minimum atomic E-state index is -0.222. The van der Waals surface area contributed by atoms with E-state index in [1.807, 2.05) is 13.8 Å². The first-order chi connectivity index (χ1) is 7.53. The van der Waals surface area contributed by atoms with Crippen molar-refractivity contribution in [1.82, 2.24) is 10.2 Å². The molecular formula is C12H23N3O. The Morgan fingerprint density at radius 2 is 2.31 bits per heavy atom. The molecule has 0 bridgehead atoms. The molecule has 0 saturated carbocycles. The third-order valence-electron chi connectivity index (χ3n) is 2.94. The van der Waals surface area contributed by atoms with Gasteiger partial charge < -0.3 is 15.0 Å². The van der Waals surface area contributed by atoms with E-state index in [2.05, 4.69) is 23.3 Å². The average Bonchev–Trinajstić information content (AvgIpc) is 2.28. The molecule has 1 atom stereocenters. The van der Waals surface area contributed by atoms with E-state index in [1.54, 1.807) is 0 Å². The van der Waals surface area contributed by atoms with Gasteiger partial charge in [-0.25, -0.2) is 0 Å². The summed E-state index contributed by atoms with van der Waals surface area (Å²) in [4.78, 5) is 2.25. The number of hydrogen-bond donors (Lipinski definition) is 1. The topological polar surface area (TPSA) is 48.3 Å². The number of nitriles is 1. The SMILES string of the molecule is CN(CCC(C)(C)C#N)CC1CNCCO1. The van der Waals surface area contributed by atoms with Crippen molar-refractivity contribution in [2.75, 3.05) is 39.8 Å². The minimum Gasteiger partial charge on any atom is -0.374 e. The summed E-state index contributed by atoms with van der Waals surface area (Å²) in [6, 6.07) is 2.33. The predicted octanol–water partition coefficient (Wildman–Crippen LogP) is 0.846. The first-order valence-electron chi connectivity index (χ1n) is 5.95. The van der Waals surface area contributed by atoms with Crippen LogP contribution in [0.4, 0.5) is 0 Å². The van der Waals surface area contributed by atoms with E-state index in [1.165, 1.54) is 0 Å². The van der Waals surface area contributed by atoms with Crippen molar-refractivity contribution in [1.29, 1.82) is 5.26 Å². The molecule has 0 aromatic rings. The number of rotatable bonds is 5. The van der Waals surface area contributed by atoms with Gasteiger partial charge >= 0.3 is 0 Å². The molecule has 1 saturated heterocycles. The Morgan fingerprint density at radius 3 is 2.88 bits per heavy atom. The van der Waals surface area contributed by atoms with Gasteiger partial charge in [-0.3, -0.25) is 0 Å². The lowest BCUT2D eigenvalue weighted by molar-refractivity contribution is 0.00908. The minimum absolute atomic E-state index is 0.222. The molecule has 0 aliphatic carbocycles. The van der Waals surface area contributed by atoms with Crippen LogP contribution in [0.15, 0.2) is 0 Å². The highest BCUT2D eigenvalue weighted by molar-refractivity contribution is 4.92. The molecule has 1 aliphatic rings. The van der Waals surface area contributed by atoms with Gasteiger partial charge in [0.25, 0.3) is 0 Å². The molecule has 1 aliphatic heterocycles. The van der Waals surface area contributed by atoms with E-state index in [0.29, 0.717) is 6.10 Å². The Hall–Kier alpha value is -0.630. The number of nitrogens with zero attached hydrogens (tertiary/aromatic N) is 2. The van der Waals surface area contributed by atoms with Crippen molar-refractivity contribution < 1.29 is 4.74 Å². The van der Waals surface area contributed by atoms with E-state index < -0.39 is 0 Å². The van der Waals surface area contributed by atoms with Gasteiger partial charge in [0, 0.05) is 19.6 Å². The second-order valence-electron chi connectivity index (χ2n) is 5.20. The first-order valence-corrected chi connectivity index (χ1v) is 5.95. The van der Waals surface area contributed by atoms with Gasteiger partial charge in [0.05, 0.1) is 24.2 Å². The van der Waals surface area contributed by atoms with Crippen LogP contribution in [-0.4, -0.2) is 50.8 Å². The van der Waals surface area contributed by atoms with E-state index in [0.717, 1.165) is 39.2 Å². The quantitative estimate of drug-likeness (QED) is 0.753. The molecule has 1 rings (SSSR count). The molecule has 0 spiro atoms. The molecular weight excluding hydrogens is 202 g/mol. The fraction of sp³-hybridized carbons (Fsp3) is 0.917. The van der Waals surface area contributed by atoms with Crippen molar-refractivity contribution >= 4 is 0 Å². The van der Waals surface area contributed by atoms with Crippen molar-refractivity contribution in [3.8, 4) is 6.07 Å². The molecule has 0 aromatic heterocycles. The van der Waals surface area contributed by atoms with Gasteiger partial charge in [0.2, 0.25) is 0 Å². The summed E-state index contributed by atoms with van der Waals surface area (Å²) in [5.74, 6) is 0. The molecule has 1 fully saturated rings. The zero-order valence-corrected chi connectivity index (χ0v) is 10.6.